The van der Waals surface area contributed by atoms with Crippen molar-refractivity contribution in [2.24, 2.45) is 0 Å². The minimum atomic E-state index is -0.239. The first-order valence-corrected chi connectivity index (χ1v) is 10.5. The first-order chi connectivity index (χ1) is 13.9. The molecule has 0 radical (unpaired) electrons. The number of aryl methyl sites for hydroxylation is 2. The summed E-state index contributed by atoms with van der Waals surface area (Å²) in [6, 6.07) is 17.0. The van der Waals surface area contributed by atoms with Crippen molar-refractivity contribution in [1.82, 2.24) is 0 Å². The highest BCUT2D eigenvalue weighted by molar-refractivity contribution is 14.1. The number of methoxy groups -OCH3 is 1. The summed E-state index contributed by atoms with van der Waals surface area (Å²) in [4.78, 5) is 12.8. The molecule has 1 amide bonds. The highest BCUT2D eigenvalue weighted by Crippen LogP contribution is 2.35. The van der Waals surface area contributed by atoms with Crippen molar-refractivity contribution in [3.63, 3.8) is 0 Å². The molecule has 0 saturated heterocycles. The number of carbonyl (C=O) groups excluding carboxylic acids is 1. The summed E-state index contributed by atoms with van der Waals surface area (Å²) >= 11 is 8.20. The van der Waals surface area contributed by atoms with E-state index < -0.39 is 0 Å². The standard InChI is InChI=1S/C23H21ClINO3/c1-14-4-7-16(8-5-14)13-29-22-19(25)10-17(11-21(22)28-3)23(27)26-20-12-18(24)9-6-15(20)2/h4-12H,13H2,1-3H3,(H,26,27). The van der Waals surface area contributed by atoms with E-state index in [2.05, 4.69) is 27.9 Å². The number of carbonyl (C=O) groups is 1. The van der Waals surface area contributed by atoms with Gasteiger partial charge in [-0.25, -0.2) is 0 Å². The van der Waals surface area contributed by atoms with Gasteiger partial charge in [-0.3, -0.25) is 4.79 Å². The first-order valence-electron chi connectivity index (χ1n) is 9.00. The molecule has 3 rings (SSSR count). The van der Waals surface area contributed by atoms with E-state index >= 15 is 0 Å². The smallest absolute Gasteiger partial charge is 0.255 e. The van der Waals surface area contributed by atoms with Crippen molar-refractivity contribution in [2.45, 2.75) is 20.5 Å². The summed E-state index contributed by atoms with van der Waals surface area (Å²) in [5.74, 6) is 0.887. The monoisotopic (exact) mass is 521 g/mol. The molecular formula is C23H21ClINO3. The minimum absolute atomic E-state index is 0.239. The lowest BCUT2D eigenvalue weighted by Gasteiger charge is -2.15. The van der Waals surface area contributed by atoms with Crippen LogP contribution in [0.4, 0.5) is 5.69 Å². The Kier molecular flexibility index (Phi) is 7.03. The Hall–Kier alpha value is -2.25. The zero-order chi connectivity index (χ0) is 21.0. The molecular weight excluding hydrogens is 501 g/mol. The van der Waals surface area contributed by atoms with Gasteiger partial charge in [-0.15, -0.1) is 0 Å². The summed E-state index contributed by atoms with van der Waals surface area (Å²) in [5, 5.41) is 3.47. The minimum Gasteiger partial charge on any atom is -0.493 e. The van der Waals surface area contributed by atoms with E-state index in [-0.39, 0.29) is 5.91 Å². The number of amides is 1. The highest BCUT2D eigenvalue weighted by Gasteiger charge is 2.16. The molecule has 0 spiro atoms. The van der Waals surface area contributed by atoms with Gasteiger partial charge in [-0.05, 0) is 71.8 Å². The lowest BCUT2D eigenvalue weighted by Crippen LogP contribution is -2.13. The molecule has 0 fully saturated rings. The Morgan fingerprint density at radius 3 is 2.48 bits per heavy atom. The average molecular weight is 522 g/mol. The number of nitrogens with one attached hydrogen (secondary N) is 1. The van der Waals surface area contributed by atoms with Crippen LogP contribution in [0, 0.1) is 17.4 Å². The van der Waals surface area contributed by atoms with Gasteiger partial charge < -0.3 is 14.8 Å². The van der Waals surface area contributed by atoms with E-state index in [0.717, 1.165) is 14.7 Å². The Labute approximate surface area is 189 Å². The third-order valence-electron chi connectivity index (χ3n) is 4.44. The van der Waals surface area contributed by atoms with E-state index in [1.165, 1.54) is 5.56 Å². The summed E-state index contributed by atoms with van der Waals surface area (Å²) in [6.45, 7) is 4.38. The maximum Gasteiger partial charge on any atom is 0.255 e. The van der Waals surface area contributed by atoms with Gasteiger partial charge in [0.05, 0.1) is 10.7 Å². The fourth-order valence-corrected chi connectivity index (χ4v) is 3.68. The lowest BCUT2D eigenvalue weighted by atomic mass is 10.1. The van der Waals surface area contributed by atoms with E-state index in [9.17, 15) is 4.79 Å². The van der Waals surface area contributed by atoms with Crippen molar-refractivity contribution in [3.05, 3.63) is 85.4 Å². The maximum atomic E-state index is 12.8. The normalized spacial score (nSPS) is 10.5. The molecule has 150 valence electrons. The second-order valence-electron chi connectivity index (χ2n) is 6.68. The van der Waals surface area contributed by atoms with Crippen LogP contribution in [0.2, 0.25) is 5.02 Å². The number of hydrogen-bond acceptors (Lipinski definition) is 3. The van der Waals surface area contributed by atoms with E-state index in [1.54, 1.807) is 31.4 Å². The van der Waals surface area contributed by atoms with Gasteiger partial charge in [0.2, 0.25) is 0 Å². The molecule has 0 atom stereocenters. The van der Waals surface area contributed by atoms with E-state index in [1.807, 2.05) is 44.2 Å². The Balaban J connectivity index is 1.80. The van der Waals surface area contributed by atoms with Crippen molar-refractivity contribution < 1.29 is 14.3 Å². The molecule has 3 aromatic rings. The van der Waals surface area contributed by atoms with Gasteiger partial charge in [-0.2, -0.15) is 0 Å². The van der Waals surface area contributed by atoms with Crippen LogP contribution in [0.5, 0.6) is 11.5 Å². The second kappa shape index (κ2) is 9.50. The number of rotatable bonds is 6. The molecule has 0 saturated carbocycles. The van der Waals surface area contributed by atoms with Crippen LogP contribution in [0.3, 0.4) is 0 Å². The number of hydrogen-bond donors (Lipinski definition) is 1. The number of halogens is 2. The fraction of sp³-hybridized carbons (Fsp3) is 0.174. The molecule has 6 heteroatoms. The maximum absolute atomic E-state index is 12.8. The van der Waals surface area contributed by atoms with Crippen LogP contribution < -0.4 is 14.8 Å². The molecule has 0 unspecified atom stereocenters. The number of ether oxygens (including phenoxy) is 2. The summed E-state index contributed by atoms with van der Waals surface area (Å²) < 4.78 is 12.3. The Morgan fingerprint density at radius 1 is 1.07 bits per heavy atom. The SMILES string of the molecule is COc1cc(C(=O)Nc2cc(Cl)ccc2C)cc(I)c1OCc1ccc(C)cc1. The molecule has 29 heavy (non-hydrogen) atoms. The largest absolute Gasteiger partial charge is 0.493 e. The molecule has 0 aliphatic rings. The van der Waals surface area contributed by atoms with Crippen molar-refractivity contribution >= 4 is 45.8 Å². The van der Waals surface area contributed by atoms with Gasteiger partial charge in [-0.1, -0.05) is 47.5 Å². The van der Waals surface area contributed by atoms with Gasteiger partial charge in [0.15, 0.2) is 11.5 Å². The second-order valence-corrected chi connectivity index (χ2v) is 8.28. The van der Waals surface area contributed by atoms with Crippen molar-refractivity contribution in [3.8, 4) is 11.5 Å². The lowest BCUT2D eigenvalue weighted by molar-refractivity contribution is 0.102. The molecule has 0 aliphatic carbocycles. The fourth-order valence-electron chi connectivity index (χ4n) is 2.75. The van der Waals surface area contributed by atoms with E-state index in [4.69, 9.17) is 21.1 Å². The molecule has 1 N–H and O–H groups in total. The predicted molar refractivity (Wildman–Crippen MR) is 125 cm³/mol. The summed E-state index contributed by atoms with van der Waals surface area (Å²) in [6.07, 6.45) is 0. The molecule has 4 nitrogen and oxygen atoms in total. The number of benzene rings is 3. The van der Waals surface area contributed by atoms with Crippen LogP contribution >= 0.6 is 34.2 Å². The van der Waals surface area contributed by atoms with Crippen LogP contribution in [0.25, 0.3) is 0 Å². The van der Waals surface area contributed by atoms with Gasteiger partial charge in [0.25, 0.3) is 5.91 Å². The third kappa shape index (κ3) is 5.42. The number of anilines is 1. The Bertz CT molecular complexity index is 1040. The van der Waals surface area contributed by atoms with Crippen LogP contribution in [-0.2, 0) is 6.61 Å². The van der Waals surface area contributed by atoms with Crippen LogP contribution in [-0.4, -0.2) is 13.0 Å². The van der Waals surface area contributed by atoms with Gasteiger partial charge in [0.1, 0.15) is 6.61 Å². The average Bonchev–Trinajstić information content (AvgIpc) is 2.70. The zero-order valence-electron chi connectivity index (χ0n) is 16.4. The Morgan fingerprint density at radius 2 is 1.79 bits per heavy atom. The molecule has 0 heterocycles. The van der Waals surface area contributed by atoms with Gasteiger partial charge >= 0.3 is 0 Å². The van der Waals surface area contributed by atoms with Crippen LogP contribution in [0.1, 0.15) is 27.0 Å². The first kappa shape index (κ1) is 21.5. The van der Waals surface area contributed by atoms with Crippen LogP contribution in [0.15, 0.2) is 54.6 Å². The molecule has 0 aliphatic heterocycles. The summed E-state index contributed by atoms with van der Waals surface area (Å²) in [7, 11) is 1.56. The van der Waals surface area contributed by atoms with Crippen molar-refractivity contribution in [1.29, 1.82) is 0 Å². The third-order valence-corrected chi connectivity index (χ3v) is 5.48. The van der Waals surface area contributed by atoms with Gasteiger partial charge in [0, 0.05) is 16.3 Å². The molecule has 0 bridgehead atoms. The zero-order valence-corrected chi connectivity index (χ0v) is 19.3. The topological polar surface area (TPSA) is 47.6 Å². The molecule has 3 aromatic carbocycles. The van der Waals surface area contributed by atoms with Crippen molar-refractivity contribution in [2.75, 3.05) is 12.4 Å². The highest BCUT2D eigenvalue weighted by atomic mass is 127. The van der Waals surface area contributed by atoms with E-state index in [0.29, 0.717) is 34.4 Å². The predicted octanol–water partition coefficient (Wildman–Crippen LogP) is 6.40. The molecule has 0 aromatic heterocycles. The quantitative estimate of drug-likeness (QED) is 0.382. The summed E-state index contributed by atoms with van der Waals surface area (Å²) in [5.41, 5.74) is 4.35.